The number of rotatable bonds is 6. The smallest absolute Gasteiger partial charge is 0.352 e. The predicted molar refractivity (Wildman–Crippen MR) is 121 cm³/mol. The van der Waals surface area contributed by atoms with Crippen LogP contribution in [0.2, 0.25) is 0 Å². The van der Waals surface area contributed by atoms with E-state index in [0.717, 1.165) is 17.7 Å². The first-order valence-electron chi connectivity index (χ1n) is 10.7. The highest BCUT2D eigenvalue weighted by Crippen LogP contribution is 2.37. The molecule has 1 aliphatic rings. The summed E-state index contributed by atoms with van der Waals surface area (Å²) in [5.74, 6) is -1.07. The lowest BCUT2D eigenvalue weighted by atomic mass is 9.99. The second-order valence-corrected chi connectivity index (χ2v) is 8.45. The van der Waals surface area contributed by atoms with Crippen LogP contribution in [0.5, 0.6) is 0 Å². The van der Waals surface area contributed by atoms with Crippen molar-refractivity contribution in [3.63, 3.8) is 0 Å². The zero-order valence-corrected chi connectivity index (χ0v) is 19.1. The van der Waals surface area contributed by atoms with Crippen LogP contribution in [0.4, 0.5) is 18.9 Å². The maximum absolute atomic E-state index is 13.0. The molecule has 2 aromatic rings. The lowest BCUT2D eigenvalue weighted by Crippen LogP contribution is -2.46. The second-order valence-electron chi connectivity index (χ2n) is 8.45. The zero-order chi connectivity index (χ0) is 25.0. The van der Waals surface area contributed by atoms with E-state index in [1.54, 1.807) is 19.0 Å². The Kier molecular flexibility index (Phi) is 7.61. The van der Waals surface area contributed by atoms with E-state index in [4.69, 9.17) is 0 Å². The topological polar surface area (TPSA) is 81.8 Å². The lowest BCUT2D eigenvalue weighted by Gasteiger charge is -2.31. The average Bonchev–Trinajstić information content (AvgIpc) is 3.09. The van der Waals surface area contributed by atoms with Crippen molar-refractivity contribution in [1.29, 1.82) is 0 Å². The molecule has 3 atom stereocenters. The Balaban J connectivity index is 1.91. The van der Waals surface area contributed by atoms with Gasteiger partial charge in [0.15, 0.2) is 0 Å². The molecular weight excluding hydrogens is 449 g/mol. The summed E-state index contributed by atoms with van der Waals surface area (Å²) in [6.07, 6.45) is -4.25. The first kappa shape index (κ1) is 25.2. The minimum atomic E-state index is -4.54. The van der Waals surface area contributed by atoms with Crippen LogP contribution in [0, 0.1) is 0 Å². The summed E-state index contributed by atoms with van der Waals surface area (Å²) in [6.45, 7) is 1.13. The fourth-order valence-electron chi connectivity index (χ4n) is 4.29. The van der Waals surface area contributed by atoms with Gasteiger partial charge >= 0.3 is 6.18 Å². The standard InChI is InChI=1S/C24H27F3N4O3/c1-15(32)28-19-13-20(23(34)30(2)3)31(22(19)16-8-5-4-6-9-16)14-21(33)29-18-11-7-10-17(12-18)24(25,26)27/h4-12,19-20,22H,13-14H2,1-3H3,(H,28,32)(H,29,33)/t19-,20-,22-/m0/s1. The molecule has 0 unspecified atom stereocenters. The van der Waals surface area contributed by atoms with E-state index in [1.165, 1.54) is 24.0 Å². The zero-order valence-electron chi connectivity index (χ0n) is 19.1. The molecule has 1 heterocycles. The van der Waals surface area contributed by atoms with Crippen molar-refractivity contribution in [2.45, 2.75) is 37.6 Å². The molecule has 2 N–H and O–H groups in total. The van der Waals surface area contributed by atoms with Gasteiger partial charge < -0.3 is 15.5 Å². The molecule has 1 saturated heterocycles. The van der Waals surface area contributed by atoms with Crippen molar-refractivity contribution in [2.75, 3.05) is 26.0 Å². The van der Waals surface area contributed by atoms with E-state index in [9.17, 15) is 27.6 Å². The minimum Gasteiger partial charge on any atom is -0.352 e. The van der Waals surface area contributed by atoms with Crippen molar-refractivity contribution >= 4 is 23.4 Å². The molecule has 0 radical (unpaired) electrons. The van der Waals surface area contributed by atoms with Gasteiger partial charge in [-0.05, 0) is 30.2 Å². The van der Waals surface area contributed by atoms with Crippen LogP contribution in [-0.4, -0.2) is 60.2 Å². The fourth-order valence-corrected chi connectivity index (χ4v) is 4.29. The number of carbonyl (C=O) groups excluding carboxylic acids is 3. The summed E-state index contributed by atoms with van der Waals surface area (Å²) < 4.78 is 39.1. The number of alkyl halides is 3. The third-order valence-corrected chi connectivity index (χ3v) is 5.67. The van der Waals surface area contributed by atoms with Crippen molar-refractivity contribution < 1.29 is 27.6 Å². The van der Waals surface area contributed by atoms with Gasteiger partial charge in [0.1, 0.15) is 0 Å². The molecule has 1 fully saturated rings. The van der Waals surface area contributed by atoms with E-state index in [2.05, 4.69) is 10.6 Å². The number of halogens is 3. The van der Waals surface area contributed by atoms with Gasteiger partial charge in [0.05, 0.1) is 30.2 Å². The number of anilines is 1. The number of nitrogens with one attached hydrogen (secondary N) is 2. The van der Waals surface area contributed by atoms with Crippen LogP contribution in [0.3, 0.4) is 0 Å². The number of likely N-dealkylation sites (N-methyl/N-ethyl adjacent to an activating group) is 1. The lowest BCUT2D eigenvalue weighted by molar-refractivity contribution is -0.138. The highest BCUT2D eigenvalue weighted by Gasteiger charge is 2.46. The summed E-state index contributed by atoms with van der Waals surface area (Å²) in [4.78, 5) is 40.9. The maximum Gasteiger partial charge on any atom is 0.416 e. The Morgan fingerprint density at radius 3 is 2.32 bits per heavy atom. The third-order valence-electron chi connectivity index (χ3n) is 5.67. The van der Waals surface area contributed by atoms with Gasteiger partial charge in [0.25, 0.3) is 0 Å². The Bertz CT molecular complexity index is 1040. The second kappa shape index (κ2) is 10.3. The summed E-state index contributed by atoms with van der Waals surface area (Å²) in [5, 5.41) is 5.39. The van der Waals surface area contributed by atoms with E-state index < -0.39 is 35.8 Å². The van der Waals surface area contributed by atoms with Crippen LogP contribution in [0.1, 0.15) is 30.5 Å². The molecule has 1 aliphatic heterocycles. The van der Waals surface area contributed by atoms with E-state index in [1.807, 2.05) is 30.3 Å². The quantitative estimate of drug-likeness (QED) is 0.672. The predicted octanol–water partition coefficient (Wildman–Crippen LogP) is 3.05. The van der Waals surface area contributed by atoms with Crippen molar-refractivity contribution in [3.05, 3.63) is 65.7 Å². The number of amides is 3. The number of carbonyl (C=O) groups is 3. The largest absolute Gasteiger partial charge is 0.416 e. The third kappa shape index (κ3) is 5.93. The first-order chi connectivity index (χ1) is 16.0. The fraction of sp³-hybridized carbons (Fsp3) is 0.375. The number of likely N-dealkylation sites (tertiary alicyclic amines) is 1. The van der Waals surface area contributed by atoms with Gasteiger partial charge in [-0.2, -0.15) is 13.2 Å². The van der Waals surface area contributed by atoms with Crippen molar-refractivity contribution in [3.8, 4) is 0 Å². The molecule has 10 heteroatoms. The molecule has 3 amide bonds. The number of hydrogen-bond donors (Lipinski definition) is 2. The van der Waals surface area contributed by atoms with E-state index in [0.29, 0.717) is 0 Å². The van der Waals surface area contributed by atoms with Gasteiger partial charge in [-0.3, -0.25) is 19.3 Å². The molecule has 0 bridgehead atoms. The summed E-state index contributed by atoms with van der Waals surface area (Å²) >= 11 is 0. The van der Waals surface area contributed by atoms with Gasteiger partial charge in [-0.1, -0.05) is 36.4 Å². The van der Waals surface area contributed by atoms with E-state index in [-0.39, 0.29) is 30.5 Å². The highest BCUT2D eigenvalue weighted by molar-refractivity contribution is 5.93. The Morgan fingerprint density at radius 2 is 1.74 bits per heavy atom. The summed E-state index contributed by atoms with van der Waals surface area (Å²) in [6, 6.07) is 11.9. The van der Waals surface area contributed by atoms with Crippen LogP contribution in [-0.2, 0) is 20.6 Å². The summed E-state index contributed by atoms with van der Waals surface area (Å²) in [5.41, 5.74) is -0.0635. The molecule has 0 saturated carbocycles. The maximum atomic E-state index is 13.0. The van der Waals surface area contributed by atoms with Gasteiger partial charge in [-0.15, -0.1) is 0 Å². The van der Waals surface area contributed by atoms with Crippen LogP contribution in [0.15, 0.2) is 54.6 Å². The van der Waals surface area contributed by atoms with E-state index >= 15 is 0 Å². The van der Waals surface area contributed by atoms with Gasteiger partial charge in [0, 0.05) is 26.7 Å². The molecule has 2 aromatic carbocycles. The molecule has 0 spiro atoms. The van der Waals surface area contributed by atoms with Crippen molar-refractivity contribution in [1.82, 2.24) is 15.1 Å². The average molecular weight is 476 g/mol. The van der Waals surface area contributed by atoms with Gasteiger partial charge in [0.2, 0.25) is 17.7 Å². The number of hydrogen-bond acceptors (Lipinski definition) is 4. The molecule has 3 rings (SSSR count). The highest BCUT2D eigenvalue weighted by atomic mass is 19.4. The molecular formula is C24H27F3N4O3. The normalized spacial score (nSPS) is 20.6. The Morgan fingerprint density at radius 1 is 1.06 bits per heavy atom. The first-order valence-corrected chi connectivity index (χ1v) is 10.7. The van der Waals surface area contributed by atoms with Crippen molar-refractivity contribution in [2.24, 2.45) is 0 Å². The SMILES string of the molecule is CC(=O)N[C@H]1C[C@@H](C(=O)N(C)C)N(CC(=O)Nc2cccc(C(F)(F)F)c2)[C@H]1c1ccccc1. The van der Waals surface area contributed by atoms with Gasteiger partial charge in [-0.25, -0.2) is 0 Å². The molecule has 7 nitrogen and oxygen atoms in total. The Hall–Kier alpha value is -3.40. The molecule has 34 heavy (non-hydrogen) atoms. The molecule has 182 valence electrons. The van der Waals surface area contributed by atoms with Crippen LogP contribution >= 0.6 is 0 Å². The number of benzene rings is 2. The number of nitrogens with zero attached hydrogens (tertiary/aromatic N) is 2. The molecule has 0 aliphatic carbocycles. The Labute approximate surface area is 195 Å². The van der Waals surface area contributed by atoms with Crippen LogP contribution in [0.25, 0.3) is 0 Å². The minimum absolute atomic E-state index is 0.00387. The monoisotopic (exact) mass is 476 g/mol. The van der Waals surface area contributed by atoms with Crippen LogP contribution < -0.4 is 10.6 Å². The molecule has 0 aromatic heterocycles. The summed E-state index contributed by atoms with van der Waals surface area (Å²) in [7, 11) is 3.21.